The molecule has 1 aliphatic heterocycles. The first kappa shape index (κ1) is 13.7. The fourth-order valence-electron chi connectivity index (χ4n) is 2.61. The summed E-state index contributed by atoms with van der Waals surface area (Å²) in [5, 5.41) is 0. The molecule has 1 saturated heterocycles. The molecule has 1 amide bonds. The van der Waals surface area contributed by atoms with E-state index < -0.39 is 0 Å². The zero-order valence-corrected chi connectivity index (χ0v) is 11.4. The van der Waals surface area contributed by atoms with Crippen LogP contribution in [-0.4, -0.2) is 35.7 Å². The van der Waals surface area contributed by atoms with Gasteiger partial charge in [-0.15, -0.1) is 0 Å². The molecule has 1 aromatic rings. The van der Waals surface area contributed by atoms with Crippen LogP contribution in [0.5, 0.6) is 0 Å². The average molecular weight is 260 g/mol. The molecule has 1 aromatic carbocycles. The van der Waals surface area contributed by atoms with Crippen LogP contribution in [0.4, 0.5) is 0 Å². The van der Waals surface area contributed by atoms with E-state index in [0.29, 0.717) is 23.6 Å². The van der Waals surface area contributed by atoms with Gasteiger partial charge in [-0.3, -0.25) is 9.59 Å². The van der Waals surface area contributed by atoms with Crippen LogP contribution in [0, 0.1) is 5.92 Å². The van der Waals surface area contributed by atoms with Crippen molar-refractivity contribution in [3.8, 4) is 0 Å². The van der Waals surface area contributed by atoms with Gasteiger partial charge in [0.05, 0.1) is 0 Å². The van der Waals surface area contributed by atoms with E-state index in [1.807, 2.05) is 4.90 Å². The van der Waals surface area contributed by atoms with E-state index in [1.54, 1.807) is 24.3 Å². The Balaban J connectivity index is 2.13. The van der Waals surface area contributed by atoms with Crippen LogP contribution in [0.1, 0.15) is 41.0 Å². The SMILES string of the molecule is CC(=O)c1ccc(C(=O)N2CC(CN)CC2C)cc1. The normalized spacial score (nSPS) is 22.6. The minimum Gasteiger partial charge on any atom is -0.336 e. The smallest absolute Gasteiger partial charge is 0.254 e. The van der Waals surface area contributed by atoms with Crippen LogP contribution in [-0.2, 0) is 0 Å². The molecule has 0 radical (unpaired) electrons. The first-order valence-corrected chi connectivity index (χ1v) is 6.65. The fraction of sp³-hybridized carbons (Fsp3) is 0.467. The van der Waals surface area contributed by atoms with Crippen molar-refractivity contribution in [2.45, 2.75) is 26.3 Å². The molecule has 2 unspecified atom stereocenters. The lowest BCUT2D eigenvalue weighted by Gasteiger charge is -2.21. The number of carbonyl (C=O) groups is 2. The number of hydrogen-bond donors (Lipinski definition) is 1. The third-order valence-corrected chi connectivity index (χ3v) is 3.79. The molecule has 1 aliphatic rings. The maximum Gasteiger partial charge on any atom is 0.254 e. The summed E-state index contributed by atoms with van der Waals surface area (Å²) in [5.74, 6) is 0.436. The number of Topliss-reactive ketones (excluding diaryl/α,β-unsaturated/α-hetero) is 1. The van der Waals surface area contributed by atoms with Gasteiger partial charge in [0.25, 0.3) is 5.91 Å². The molecule has 2 N–H and O–H groups in total. The van der Waals surface area contributed by atoms with Crippen molar-refractivity contribution >= 4 is 11.7 Å². The summed E-state index contributed by atoms with van der Waals surface area (Å²) in [4.78, 5) is 25.5. The standard InChI is InChI=1S/C15H20N2O2/c1-10-7-12(8-16)9-17(10)15(19)14-5-3-13(4-6-14)11(2)18/h3-6,10,12H,7-9,16H2,1-2H3. The van der Waals surface area contributed by atoms with Crippen LogP contribution < -0.4 is 5.73 Å². The zero-order valence-electron chi connectivity index (χ0n) is 11.4. The summed E-state index contributed by atoms with van der Waals surface area (Å²) in [6.07, 6.45) is 0.966. The highest BCUT2D eigenvalue weighted by Crippen LogP contribution is 2.24. The minimum absolute atomic E-state index is 0.0109. The number of ketones is 1. The van der Waals surface area contributed by atoms with Gasteiger partial charge in [0.15, 0.2) is 5.78 Å². The molecule has 0 aromatic heterocycles. The Morgan fingerprint density at radius 2 is 1.84 bits per heavy atom. The largest absolute Gasteiger partial charge is 0.336 e. The summed E-state index contributed by atoms with van der Waals surface area (Å²) in [5.41, 5.74) is 6.94. The van der Waals surface area contributed by atoms with Gasteiger partial charge < -0.3 is 10.6 Å². The molecular weight excluding hydrogens is 240 g/mol. The van der Waals surface area contributed by atoms with E-state index in [4.69, 9.17) is 5.73 Å². The Bertz CT molecular complexity index is 481. The van der Waals surface area contributed by atoms with Crippen LogP contribution in [0.3, 0.4) is 0 Å². The molecule has 19 heavy (non-hydrogen) atoms. The number of amides is 1. The van der Waals surface area contributed by atoms with Gasteiger partial charge in [-0.1, -0.05) is 12.1 Å². The van der Waals surface area contributed by atoms with Gasteiger partial charge in [0, 0.05) is 23.7 Å². The summed E-state index contributed by atoms with van der Waals surface area (Å²) >= 11 is 0. The second-order valence-electron chi connectivity index (χ2n) is 5.28. The Morgan fingerprint density at radius 3 is 2.32 bits per heavy atom. The molecule has 2 rings (SSSR count). The van der Waals surface area contributed by atoms with Crippen molar-refractivity contribution in [3.05, 3.63) is 35.4 Å². The number of carbonyl (C=O) groups excluding carboxylic acids is 2. The molecule has 4 nitrogen and oxygen atoms in total. The number of benzene rings is 1. The number of rotatable bonds is 3. The summed E-state index contributed by atoms with van der Waals surface area (Å²) in [7, 11) is 0. The lowest BCUT2D eigenvalue weighted by atomic mass is 10.1. The van der Waals surface area contributed by atoms with Gasteiger partial charge in [-0.25, -0.2) is 0 Å². The Morgan fingerprint density at radius 1 is 1.26 bits per heavy atom. The van der Waals surface area contributed by atoms with Crippen molar-refractivity contribution in [2.75, 3.05) is 13.1 Å². The predicted molar refractivity (Wildman–Crippen MR) is 74.1 cm³/mol. The zero-order chi connectivity index (χ0) is 14.0. The molecule has 4 heteroatoms. The highest BCUT2D eigenvalue weighted by molar-refractivity contribution is 5.97. The third-order valence-electron chi connectivity index (χ3n) is 3.79. The molecule has 2 atom stereocenters. The topological polar surface area (TPSA) is 63.4 Å². The predicted octanol–water partition coefficient (Wildman–Crippen LogP) is 1.70. The third kappa shape index (κ3) is 2.84. The highest BCUT2D eigenvalue weighted by atomic mass is 16.2. The molecule has 0 spiro atoms. The molecule has 1 heterocycles. The van der Waals surface area contributed by atoms with E-state index in [2.05, 4.69) is 6.92 Å². The summed E-state index contributed by atoms with van der Waals surface area (Å²) in [6.45, 7) is 4.92. The number of hydrogen-bond acceptors (Lipinski definition) is 3. The monoisotopic (exact) mass is 260 g/mol. The molecule has 1 fully saturated rings. The summed E-state index contributed by atoms with van der Waals surface area (Å²) in [6, 6.07) is 7.09. The number of likely N-dealkylation sites (tertiary alicyclic amines) is 1. The minimum atomic E-state index is 0.0109. The van der Waals surface area contributed by atoms with Crippen molar-refractivity contribution in [3.63, 3.8) is 0 Å². The van der Waals surface area contributed by atoms with Crippen LogP contribution in [0.15, 0.2) is 24.3 Å². The lowest BCUT2D eigenvalue weighted by molar-refractivity contribution is 0.0743. The van der Waals surface area contributed by atoms with E-state index in [1.165, 1.54) is 6.92 Å². The Hall–Kier alpha value is -1.68. The first-order chi connectivity index (χ1) is 9.02. The van der Waals surface area contributed by atoms with Crippen LogP contribution in [0.25, 0.3) is 0 Å². The first-order valence-electron chi connectivity index (χ1n) is 6.65. The van der Waals surface area contributed by atoms with Gasteiger partial charge in [0.1, 0.15) is 0 Å². The molecule has 0 bridgehead atoms. The van der Waals surface area contributed by atoms with E-state index in [9.17, 15) is 9.59 Å². The van der Waals surface area contributed by atoms with E-state index in [0.717, 1.165) is 13.0 Å². The molecule has 0 saturated carbocycles. The molecule has 102 valence electrons. The maximum absolute atomic E-state index is 12.4. The quantitative estimate of drug-likeness (QED) is 0.841. The summed E-state index contributed by atoms with van der Waals surface area (Å²) < 4.78 is 0. The van der Waals surface area contributed by atoms with Crippen LogP contribution in [0.2, 0.25) is 0 Å². The van der Waals surface area contributed by atoms with Crippen molar-refractivity contribution in [2.24, 2.45) is 11.7 Å². The number of nitrogens with two attached hydrogens (primary N) is 1. The number of nitrogens with zero attached hydrogens (tertiary/aromatic N) is 1. The van der Waals surface area contributed by atoms with Gasteiger partial charge >= 0.3 is 0 Å². The van der Waals surface area contributed by atoms with Gasteiger partial charge in [-0.2, -0.15) is 0 Å². The fourth-order valence-corrected chi connectivity index (χ4v) is 2.61. The van der Waals surface area contributed by atoms with Crippen LogP contribution >= 0.6 is 0 Å². The highest BCUT2D eigenvalue weighted by Gasteiger charge is 2.31. The van der Waals surface area contributed by atoms with Gasteiger partial charge in [-0.05, 0) is 44.9 Å². The van der Waals surface area contributed by atoms with Gasteiger partial charge in [0.2, 0.25) is 0 Å². The van der Waals surface area contributed by atoms with Crippen molar-refractivity contribution < 1.29 is 9.59 Å². The lowest BCUT2D eigenvalue weighted by Crippen LogP contribution is -2.34. The van der Waals surface area contributed by atoms with E-state index in [-0.39, 0.29) is 17.7 Å². The molecule has 0 aliphatic carbocycles. The van der Waals surface area contributed by atoms with Crippen molar-refractivity contribution in [1.82, 2.24) is 4.90 Å². The maximum atomic E-state index is 12.4. The Labute approximate surface area is 113 Å². The van der Waals surface area contributed by atoms with Crippen molar-refractivity contribution in [1.29, 1.82) is 0 Å². The molecular formula is C15H20N2O2. The second kappa shape index (κ2) is 5.53. The average Bonchev–Trinajstić information content (AvgIpc) is 2.79. The Kier molecular flexibility index (Phi) is 4.00. The van der Waals surface area contributed by atoms with E-state index >= 15 is 0 Å². The second-order valence-corrected chi connectivity index (χ2v) is 5.28.